The molecule has 1 fully saturated rings. The topological polar surface area (TPSA) is 119 Å². The highest BCUT2D eigenvalue weighted by Gasteiger charge is 2.54. The number of esters is 3. The zero-order valence-electron chi connectivity index (χ0n) is 22.9. The first-order valence-corrected chi connectivity index (χ1v) is 13.7. The first-order chi connectivity index (χ1) is 19.9. The number of rotatable bonds is 11. The quantitative estimate of drug-likeness (QED) is 0.0887. The molecule has 10 nitrogen and oxygen atoms in total. The average molecular weight is 614 g/mol. The second kappa shape index (κ2) is 15.6. The minimum Gasteiger partial charge on any atom is -0.463 e. The fraction of sp³-hybridized carbons (Fsp3) is 0.429. The van der Waals surface area contributed by atoms with Crippen molar-refractivity contribution in [2.75, 3.05) is 19.0 Å². The summed E-state index contributed by atoms with van der Waals surface area (Å²) in [5.74, 6) is -3.71. The minimum atomic E-state index is -5.07. The monoisotopic (exact) mass is 613 g/mol. The van der Waals surface area contributed by atoms with Crippen molar-refractivity contribution < 1.29 is 56.0 Å². The molecular weight excluding hydrogens is 583 g/mol. The predicted molar refractivity (Wildman–Crippen MR) is 144 cm³/mol. The summed E-state index contributed by atoms with van der Waals surface area (Å²) in [7, 11) is 0. The van der Waals surface area contributed by atoms with E-state index in [0.29, 0.717) is 5.75 Å². The molecule has 1 aliphatic heterocycles. The van der Waals surface area contributed by atoms with Crippen molar-refractivity contribution in [2.24, 2.45) is 4.99 Å². The lowest BCUT2D eigenvalue weighted by molar-refractivity contribution is -0.299. The van der Waals surface area contributed by atoms with Gasteiger partial charge in [0, 0.05) is 31.4 Å². The normalized spacial score (nSPS) is 22.6. The van der Waals surface area contributed by atoms with Gasteiger partial charge in [-0.05, 0) is 24.3 Å². The number of para-hydroxylation sites is 1. The number of halogens is 3. The van der Waals surface area contributed by atoms with E-state index in [-0.39, 0.29) is 12.3 Å². The Hall–Kier alpha value is -3.62. The van der Waals surface area contributed by atoms with Crippen LogP contribution in [0.15, 0.2) is 70.6 Å². The molecule has 1 unspecified atom stereocenters. The van der Waals surface area contributed by atoms with E-state index < -0.39 is 67.3 Å². The van der Waals surface area contributed by atoms with Gasteiger partial charge in [0.1, 0.15) is 12.7 Å². The van der Waals surface area contributed by atoms with E-state index in [1.54, 1.807) is 6.07 Å². The largest absolute Gasteiger partial charge is 0.468 e. The lowest BCUT2D eigenvalue weighted by Gasteiger charge is -2.44. The lowest BCUT2D eigenvalue weighted by atomic mass is 9.98. The summed E-state index contributed by atoms with van der Waals surface area (Å²) < 4.78 is 75.1. The molecule has 0 aromatic heterocycles. The summed E-state index contributed by atoms with van der Waals surface area (Å²) in [6.45, 7) is 2.64. The lowest BCUT2D eigenvalue weighted by Crippen LogP contribution is -2.63. The van der Waals surface area contributed by atoms with Crippen LogP contribution in [0, 0.1) is 0 Å². The molecule has 228 valence electrons. The van der Waals surface area contributed by atoms with Crippen molar-refractivity contribution in [2.45, 2.75) is 62.5 Å². The molecule has 0 radical (unpaired) electrons. The number of carbonyl (C=O) groups excluding carboxylic acids is 3. The Labute approximate surface area is 244 Å². The maximum absolute atomic E-state index is 14.1. The summed E-state index contributed by atoms with van der Waals surface area (Å²) in [5.41, 5.74) is -0.0526. The number of benzene rings is 2. The Morgan fingerprint density at radius 2 is 1.43 bits per heavy atom. The molecule has 1 saturated heterocycles. The van der Waals surface area contributed by atoms with E-state index in [0.717, 1.165) is 25.7 Å². The molecule has 14 heteroatoms. The van der Waals surface area contributed by atoms with Gasteiger partial charge in [0.05, 0.1) is 12.3 Å². The fourth-order valence-electron chi connectivity index (χ4n) is 3.89. The molecule has 0 saturated carbocycles. The van der Waals surface area contributed by atoms with Crippen molar-refractivity contribution in [3.8, 4) is 0 Å². The molecule has 0 amide bonds. The predicted octanol–water partition coefficient (Wildman–Crippen LogP) is 4.62. The van der Waals surface area contributed by atoms with E-state index >= 15 is 0 Å². The molecule has 0 spiro atoms. The van der Waals surface area contributed by atoms with Crippen LogP contribution in [0.2, 0.25) is 0 Å². The van der Waals surface area contributed by atoms with E-state index in [4.69, 9.17) is 28.4 Å². The van der Waals surface area contributed by atoms with E-state index in [9.17, 15) is 27.6 Å². The highest BCUT2D eigenvalue weighted by molar-refractivity contribution is 7.99. The first-order valence-electron chi connectivity index (χ1n) is 12.7. The van der Waals surface area contributed by atoms with Gasteiger partial charge in [0.2, 0.25) is 6.29 Å². The van der Waals surface area contributed by atoms with Gasteiger partial charge < -0.3 is 28.4 Å². The molecule has 2 aromatic carbocycles. The number of ether oxygens (including phenoxy) is 6. The summed E-state index contributed by atoms with van der Waals surface area (Å²) >= 11 is 1.41. The molecule has 2 aromatic rings. The Morgan fingerprint density at radius 1 is 0.833 bits per heavy atom. The van der Waals surface area contributed by atoms with Crippen LogP contribution in [0.4, 0.5) is 18.9 Å². The van der Waals surface area contributed by atoms with Crippen LogP contribution in [-0.2, 0) is 42.8 Å². The van der Waals surface area contributed by atoms with Crippen LogP contribution < -0.4 is 0 Å². The van der Waals surface area contributed by atoms with Crippen LogP contribution >= 0.6 is 11.8 Å². The molecular formula is C28H30F3NO9S. The number of alkyl halides is 3. The SMILES string of the molecule is CC(=O)OC[C@H]1OC(OC(=Nc2ccccc2)C(F)(F)F)[C@H](OCCSc2ccccc2)[C@@H](OC(C)=O)[C@@H]1OC(C)=O. The van der Waals surface area contributed by atoms with Gasteiger partial charge in [-0.15, -0.1) is 11.8 Å². The van der Waals surface area contributed by atoms with E-state index in [1.807, 2.05) is 30.3 Å². The summed E-state index contributed by atoms with van der Waals surface area (Å²) in [5, 5.41) is 0. The van der Waals surface area contributed by atoms with Crippen LogP contribution in [0.25, 0.3) is 0 Å². The van der Waals surface area contributed by atoms with Crippen LogP contribution in [0.3, 0.4) is 0 Å². The van der Waals surface area contributed by atoms with Gasteiger partial charge in [-0.25, -0.2) is 4.99 Å². The minimum absolute atomic E-state index is 0.0518. The molecule has 0 N–H and O–H groups in total. The highest BCUT2D eigenvalue weighted by Crippen LogP contribution is 2.33. The zero-order chi connectivity index (χ0) is 30.7. The van der Waals surface area contributed by atoms with Crippen molar-refractivity contribution in [3.63, 3.8) is 0 Å². The van der Waals surface area contributed by atoms with Gasteiger partial charge >= 0.3 is 24.1 Å². The fourth-order valence-corrected chi connectivity index (χ4v) is 4.65. The number of hydrogen-bond donors (Lipinski definition) is 0. The van der Waals surface area contributed by atoms with E-state index in [2.05, 4.69) is 4.99 Å². The third-order valence-corrected chi connectivity index (χ3v) is 6.49. The first kappa shape index (κ1) is 32.9. The number of thioether (sulfide) groups is 1. The number of nitrogens with zero attached hydrogens (tertiary/aromatic N) is 1. The second-order valence-electron chi connectivity index (χ2n) is 8.86. The Bertz CT molecular complexity index is 1210. The summed E-state index contributed by atoms with van der Waals surface area (Å²) in [6, 6.07) is 16.6. The molecule has 5 atom stereocenters. The van der Waals surface area contributed by atoms with Gasteiger partial charge in [-0.3, -0.25) is 14.4 Å². The van der Waals surface area contributed by atoms with Crippen LogP contribution in [0.5, 0.6) is 0 Å². The van der Waals surface area contributed by atoms with Crippen molar-refractivity contribution >= 4 is 41.3 Å². The van der Waals surface area contributed by atoms with Crippen LogP contribution in [-0.4, -0.2) is 79.7 Å². The zero-order valence-corrected chi connectivity index (χ0v) is 23.8. The Morgan fingerprint density at radius 3 is 2.00 bits per heavy atom. The molecule has 3 rings (SSSR count). The van der Waals surface area contributed by atoms with Gasteiger partial charge in [0.25, 0.3) is 5.90 Å². The van der Waals surface area contributed by atoms with E-state index in [1.165, 1.54) is 36.0 Å². The van der Waals surface area contributed by atoms with Gasteiger partial charge in [-0.1, -0.05) is 36.4 Å². The highest BCUT2D eigenvalue weighted by atomic mass is 32.2. The molecule has 1 aliphatic rings. The molecule has 42 heavy (non-hydrogen) atoms. The number of hydrogen-bond acceptors (Lipinski definition) is 11. The van der Waals surface area contributed by atoms with Crippen LogP contribution in [0.1, 0.15) is 20.8 Å². The number of carbonyl (C=O) groups is 3. The van der Waals surface area contributed by atoms with Gasteiger partial charge in [0.15, 0.2) is 18.3 Å². The smallest absolute Gasteiger partial charge is 0.463 e. The molecule has 0 aliphatic carbocycles. The average Bonchev–Trinajstić information content (AvgIpc) is 2.92. The summed E-state index contributed by atoms with van der Waals surface area (Å²) in [4.78, 5) is 40.1. The summed E-state index contributed by atoms with van der Waals surface area (Å²) in [6.07, 6.45) is -12.8. The Kier molecular flexibility index (Phi) is 12.2. The second-order valence-corrected chi connectivity index (χ2v) is 10.0. The third-order valence-electron chi connectivity index (χ3n) is 5.51. The third kappa shape index (κ3) is 10.3. The van der Waals surface area contributed by atoms with Crippen molar-refractivity contribution in [3.05, 3.63) is 60.7 Å². The van der Waals surface area contributed by atoms with Crippen molar-refractivity contribution in [1.82, 2.24) is 0 Å². The Balaban J connectivity index is 1.97. The maximum Gasteiger partial charge on any atom is 0.468 e. The van der Waals surface area contributed by atoms with Gasteiger partial charge in [-0.2, -0.15) is 13.2 Å². The molecule has 0 bridgehead atoms. The molecule has 1 heterocycles. The standard InChI is InChI=1S/C28H30F3NO9S/c1-17(33)37-16-22-23(38-18(2)34)24(39-19(3)35)25(36-14-15-42-21-12-8-5-9-13-21)26(40-22)41-27(28(29,30)31)32-20-10-6-4-7-11-20/h4-13,22-26H,14-16H2,1-3H3/t22-,23-,24+,25-,26?/m1/s1. The number of aliphatic imine (C=N–C) groups is 1. The van der Waals surface area contributed by atoms with Crippen molar-refractivity contribution in [1.29, 1.82) is 0 Å². The maximum atomic E-state index is 14.1.